The predicted octanol–water partition coefficient (Wildman–Crippen LogP) is 3.59. The Balaban J connectivity index is 1.60. The van der Waals surface area contributed by atoms with Crippen molar-refractivity contribution in [2.75, 3.05) is 31.1 Å². The third-order valence-corrected chi connectivity index (χ3v) is 7.62. The Kier molecular flexibility index (Phi) is 6.53. The van der Waals surface area contributed by atoms with E-state index < -0.39 is 10.0 Å². The highest BCUT2D eigenvalue weighted by Crippen LogP contribution is 2.27. The van der Waals surface area contributed by atoms with Gasteiger partial charge in [0.05, 0.1) is 4.90 Å². The van der Waals surface area contributed by atoms with Crippen molar-refractivity contribution < 1.29 is 12.8 Å². The van der Waals surface area contributed by atoms with Gasteiger partial charge in [-0.2, -0.15) is 4.31 Å². The molecule has 0 radical (unpaired) electrons. The number of halogens is 1. The van der Waals surface area contributed by atoms with Crippen molar-refractivity contribution in [2.24, 2.45) is 0 Å². The molecule has 2 heterocycles. The molecule has 1 aromatic heterocycles. The molecule has 1 fully saturated rings. The van der Waals surface area contributed by atoms with E-state index in [1.807, 2.05) is 19.9 Å². The van der Waals surface area contributed by atoms with Crippen LogP contribution in [0.5, 0.6) is 0 Å². The summed E-state index contributed by atoms with van der Waals surface area (Å²) in [5, 5.41) is 0. The van der Waals surface area contributed by atoms with Gasteiger partial charge in [0.15, 0.2) is 0 Å². The molecule has 0 bridgehead atoms. The zero-order valence-corrected chi connectivity index (χ0v) is 19.1. The van der Waals surface area contributed by atoms with Crippen LogP contribution in [0.4, 0.5) is 10.2 Å². The van der Waals surface area contributed by atoms with Crippen molar-refractivity contribution in [1.82, 2.24) is 14.3 Å². The number of hydrogen-bond donors (Lipinski definition) is 0. The molecule has 0 saturated carbocycles. The number of sulfonamides is 1. The molecule has 1 aliphatic rings. The van der Waals surface area contributed by atoms with Gasteiger partial charge in [-0.25, -0.2) is 22.8 Å². The maximum Gasteiger partial charge on any atom is 0.243 e. The van der Waals surface area contributed by atoms with Crippen LogP contribution in [0.25, 0.3) is 0 Å². The normalized spacial score (nSPS) is 15.2. The van der Waals surface area contributed by atoms with Crippen molar-refractivity contribution in [3.05, 3.63) is 83.1 Å². The lowest BCUT2D eigenvalue weighted by Gasteiger charge is -2.36. The fraction of sp³-hybridized carbons (Fsp3) is 0.333. The Labute approximate surface area is 188 Å². The van der Waals surface area contributed by atoms with E-state index in [0.717, 1.165) is 29.1 Å². The van der Waals surface area contributed by atoms with Gasteiger partial charge < -0.3 is 4.90 Å². The maximum absolute atomic E-state index is 13.8. The summed E-state index contributed by atoms with van der Waals surface area (Å²) in [6.45, 7) is 5.72. The quantitative estimate of drug-likeness (QED) is 0.570. The Morgan fingerprint density at radius 1 is 0.969 bits per heavy atom. The van der Waals surface area contributed by atoms with Crippen LogP contribution in [-0.4, -0.2) is 48.9 Å². The van der Waals surface area contributed by atoms with Gasteiger partial charge in [0.2, 0.25) is 10.0 Å². The summed E-state index contributed by atoms with van der Waals surface area (Å²) >= 11 is 0. The van der Waals surface area contributed by atoms with Gasteiger partial charge in [0.1, 0.15) is 17.5 Å². The van der Waals surface area contributed by atoms with Crippen molar-refractivity contribution in [2.45, 2.75) is 31.6 Å². The number of hydrogen-bond acceptors (Lipinski definition) is 5. The predicted molar refractivity (Wildman–Crippen MR) is 123 cm³/mol. The van der Waals surface area contributed by atoms with Crippen LogP contribution in [0.3, 0.4) is 0 Å². The SMILES string of the molecule is CCc1nc(C)nc(N2CCN(S(=O)(=O)c3ccccc3)CC2)c1Cc1cccc(F)c1. The lowest BCUT2D eigenvalue weighted by atomic mass is 10.0. The number of rotatable bonds is 6. The first-order chi connectivity index (χ1) is 15.4. The summed E-state index contributed by atoms with van der Waals surface area (Å²) in [7, 11) is -3.52. The Morgan fingerprint density at radius 2 is 1.69 bits per heavy atom. The van der Waals surface area contributed by atoms with E-state index in [2.05, 4.69) is 9.88 Å². The zero-order valence-electron chi connectivity index (χ0n) is 18.3. The fourth-order valence-electron chi connectivity index (χ4n) is 4.11. The first-order valence-electron chi connectivity index (χ1n) is 10.8. The molecule has 0 atom stereocenters. The van der Waals surface area contributed by atoms with Gasteiger partial charge in [-0.1, -0.05) is 37.3 Å². The molecule has 0 amide bonds. The first-order valence-corrected chi connectivity index (χ1v) is 12.2. The number of nitrogens with zero attached hydrogens (tertiary/aromatic N) is 4. The van der Waals surface area contributed by atoms with E-state index >= 15 is 0 Å². The number of piperazine rings is 1. The lowest BCUT2D eigenvalue weighted by molar-refractivity contribution is 0.383. The summed E-state index contributed by atoms with van der Waals surface area (Å²) in [6, 6.07) is 15.1. The second kappa shape index (κ2) is 9.34. The van der Waals surface area contributed by atoms with Crippen molar-refractivity contribution in [1.29, 1.82) is 0 Å². The molecule has 6 nitrogen and oxygen atoms in total. The molecule has 4 rings (SSSR count). The topological polar surface area (TPSA) is 66.4 Å². The van der Waals surface area contributed by atoms with Crippen LogP contribution in [0, 0.1) is 12.7 Å². The number of aryl methyl sites for hydroxylation is 2. The van der Waals surface area contributed by atoms with Crippen LogP contribution in [0.15, 0.2) is 59.5 Å². The summed E-state index contributed by atoms with van der Waals surface area (Å²) in [4.78, 5) is 11.8. The second-order valence-electron chi connectivity index (χ2n) is 7.88. The highest BCUT2D eigenvalue weighted by atomic mass is 32.2. The molecule has 3 aromatic rings. The molecule has 0 N–H and O–H groups in total. The van der Waals surface area contributed by atoms with Crippen molar-refractivity contribution in [3.8, 4) is 0 Å². The van der Waals surface area contributed by atoms with E-state index in [4.69, 9.17) is 4.98 Å². The number of benzene rings is 2. The highest BCUT2D eigenvalue weighted by molar-refractivity contribution is 7.89. The van der Waals surface area contributed by atoms with Gasteiger partial charge in [0.25, 0.3) is 0 Å². The average molecular weight is 455 g/mol. The largest absolute Gasteiger partial charge is 0.354 e. The van der Waals surface area contributed by atoms with Crippen molar-refractivity contribution in [3.63, 3.8) is 0 Å². The van der Waals surface area contributed by atoms with Crippen LogP contribution in [0.2, 0.25) is 0 Å². The summed E-state index contributed by atoms with van der Waals surface area (Å²) in [5.74, 6) is 1.23. The highest BCUT2D eigenvalue weighted by Gasteiger charge is 2.30. The molecular formula is C24H27FN4O2S. The van der Waals surface area contributed by atoms with E-state index in [-0.39, 0.29) is 5.82 Å². The Bertz CT molecular complexity index is 1190. The summed E-state index contributed by atoms with van der Waals surface area (Å²) in [5.41, 5.74) is 2.78. The minimum atomic E-state index is -3.52. The van der Waals surface area contributed by atoms with E-state index in [9.17, 15) is 12.8 Å². The Morgan fingerprint density at radius 3 is 2.34 bits per heavy atom. The van der Waals surface area contributed by atoms with Gasteiger partial charge in [-0.05, 0) is 43.2 Å². The molecular weight excluding hydrogens is 427 g/mol. The van der Waals surface area contributed by atoms with Gasteiger partial charge >= 0.3 is 0 Å². The minimum absolute atomic E-state index is 0.269. The van der Waals surface area contributed by atoms with Gasteiger partial charge in [-0.15, -0.1) is 0 Å². The van der Waals surface area contributed by atoms with Crippen LogP contribution in [0.1, 0.15) is 29.6 Å². The van der Waals surface area contributed by atoms with Crippen LogP contribution < -0.4 is 4.90 Å². The lowest BCUT2D eigenvalue weighted by Crippen LogP contribution is -2.49. The maximum atomic E-state index is 13.8. The van der Waals surface area contributed by atoms with Gasteiger partial charge in [-0.3, -0.25) is 0 Å². The van der Waals surface area contributed by atoms with Crippen molar-refractivity contribution >= 4 is 15.8 Å². The molecule has 32 heavy (non-hydrogen) atoms. The smallest absolute Gasteiger partial charge is 0.243 e. The molecule has 2 aromatic carbocycles. The second-order valence-corrected chi connectivity index (χ2v) is 9.82. The molecule has 8 heteroatoms. The number of aromatic nitrogens is 2. The fourth-order valence-corrected chi connectivity index (χ4v) is 5.55. The zero-order chi connectivity index (χ0) is 22.7. The molecule has 1 aliphatic heterocycles. The van der Waals surface area contributed by atoms with E-state index in [1.165, 1.54) is 16.4 Å². The molecule has 0 spiro atoms. The Hall–Kier alpha value is -2.84. The third-order valence-electron chi connectivity index (χ3n) is 5.71. The average Bonchev–Trinajstić information content (AvgIpc) is 2.80. The monoisotopic (exact) mass is 454 g/mol. The molecule has 0 aliphatic carbocycles. The molecule has 1 saturated heterocycles. The van der Waals surface area contributed by atoms with Crippen LogP contribution in [-0.2, 0) is 22.9 Å². The summed E-state index contributed by atoms with van der Waals surface area (Å²) in [6.07, 6.45) is 1.27. The van der Waals surface area contributed by atoms with Crippen LogP contribution >= 0.6 is 0 Å². The first kappa shape index (κ1) is 22.4. The van der Waals surface area contributed by atoms with E-state index in [0.29, 0.717) is 43.3 Å². The van der Waals surface area contributed by atoms with E-state index in [1.54, 1.807) is 36.4 Å². The molecule has 168 valence electrons. The molecule has 0 unspecified atom stereocenters. The third kappa shape index (κ3) is 4.66. The minimum Gasteiger partial charge on any atom is -0.354 e. The summed E-state index contributed by atoms with van der Waals surface area (Å²) < 4.78 is 41.2. The van der Waals surface area contributed by atoms with Gasteiger partial charge in [0, 0.05) is 43.9 Å². The standard InChI is InChI=1S/C24H27FN4O2S/c1-3-23-22(17-19-8-7-9-20(25)16-19)24(27-18(2)26-23)28-12-14-29(15-13-28)32(30,31)21-10-5-4-6-11-21/h4-11,16H,3,12-15,17H2,1-2H3. The number of anilines is 1.